The Kier molecular flexibility index (Phi) is 11.0. The molecule has 38 heavy (non-hydrogen) atoms. The van der Waals surface area contributed by atoms with Gasteiger partial charge in [0, 0.05) is 12.1 Å². The summed E-state index contributed by atoms with van der Waals surface area (Å²) in [5.41, 5.74) is -4.97. The number of halogens is 6. The number of nitrogens with one attached hydrogen (secondary N) is 2. The van der Waals surface area contributed by atoms with E-state index < -0.39 is 89.4 Å². The summed E-state index contributed by atoms with van der Waals surface area (Å²) in [7, 11) is -7.90. The summed E-state index contributed by atoms with van der Waals surface area (Å²) in [6.07, 6.45) is 0.429. The lowest BCUT2D eigenvalue weighted by atomic mass is 10.1. The van der Waals surface area contributed by atoms with Crippen LogP contribution in [0, 0.1) is 34.9 Å². The summed E-state index contributed by atoms with van der Waals surface area (Å²) in [5, 5.41) is 17.1. The summed E-state index contributed by atoms with van der Waals surface area (Å²) < 4.78 is 129. The van der Waals surface area contributed by atoms with Crippen molar-refractivity contribution in [2.75, 3.05) is 20.9 Å². The number of carbonyl (C=O) groups is 2. The highest BCUT2D eigenvalue weighted by molar-refractivity contribution is 7.92. The van der Waals surface area contributed by atoms with E-state index in [4.69, 9.17) is 10.2 Å². The molecule has 0 unspecified atom stereocenters. The second-order valence-corrected chi connectivity index (χ2v) is 11.0. The number of hydrogen-bond donors (Lipinski definition) is 4. The van der Waals surface area contributed by atoms with Gasteiger partial charge in [-0.2, -0.15) is 0 Å². The molecule has 2 aromatic rings. The first-order chi connectivity index (χ1) is 17.4. The Bertz CT molecular complexity index is 1340. The molecule has 0 aliphatic carbocycles. The van der Waals surface area contributed by atoms with E-state index in [1.807, 2.05) is 0 Å². The second-order valence-electron chi connectivity index (χ2n) is 7.27. The SMILES string of the molecule is CCCS(=O)(=O)Nc1cc(F)c(F)c(C(=O)O)c1F.CCCS(=O)(=O)Nc1cc(F)c(F)c(C(=O)O)c1F. The normalized spacial score (nSPS) is 11.4. The van der Waals surface area contributed by atoms with Gasteiger partial charge in [0.15, 0.2) is 34.9 Å². The average molecular weight is 595 g/mol. The van der Waals surface area contributed by atoms with Crippen molar-refractivity contribution in [3.8, 4) is 0 Å². The molecule has 0 fully saturated rings. The van der Waals surface area contributed by atoms with Crippen LogP contribution in [0.15, 0.2) is 12.1 Å². The molecule has 212 valence electrons. The second kappa shape index (κ2) is 12.8. The number of benzene rings is 2. The Hall–Kier alpha value is -3.54. The molecule has 0 aliphatic heterocycles. The lowest BCUT2D eigenvalue weighted by molar-refractivity contribution is 0.0673. The molecule has 0 aliphatic rings. The van der Waals surface area contributed by atoms with Gasteiger partial charge in [-0.3, -0.25) is 9.44 Å². The third-order valence-electron chi connectivity index (χ3n) is 4.22. The van der Waals surface area contributed by atoms with Crippen LogP contribution in [-0.2, 0) is 20.0 Å². The quantitative estimate of drug-likeness (QED) is 0.237. The van der Waals surface area contributed by atoms with Crippen LogP contribution < -0.4 is 9.44 Å². The number of anilines is 2. The van der Waals surface area contributed by atoms with Gasteiger partial charge in [-0.15, -0.1) is 0 Å². The Labute approximate surface area is 212 Å². The lowest BCUT2D eigenvalue weighted by Crippen LogP contribution is -2.19. The fourth-order valence-corrected chi connectivity index (χ4v) is 4.95. The zero-order chi connectivity index (χ0) is 29.6. The highest BCUT2D eigenvalue weighted by atomic mass is 32.2. The predicted molar refractivity (Wildman–Crippen MR) is 122 cm³/mol. The highest BCUT2D eigenvalue weighted by Crippen LogP contribution is 2.26. The molecular formula is C20H20F6N2O8S2. The van der Waals surface area contributed by atoms with Crippen molar-refractivity contribution in [1.29, 1.82) is 0 Å². The molecule has 2 rings (SSSR count). The summed E-state index contributed by atoms with van der Waals surface area (Å²) in [6.45, 7) is 3.09. The molecule has 0 saturated carbocycles. The summed E-state index contributed by atoms with van der Waals surface area (Å²) in [5.74, 6) is -15.2. The number of sulfonamides is 2. The number of hydrogen-bond acceptors (Lipinski definition) is 6. The van der Waals surface area contributed by atoms with E-state index in [0.29, 0.717) is 0 Å². The smallest absolute Gasteiger partial charge is 0.341 e. The Morgan fingerprint density at radius 3 is 1.18 bits per heavy atom. The first kappa shape index (κ1) is 32.5. The Balaban J connectivity index is 0.000000380. The average Bonchev–Trinajstić information content (AvgIpc) is 2.75. The van der Waals surface area contributed by atoms with Crippen molar-refractivity contribution in [1.82, 2.24) is 0 Å². The fourth-order valence-electron chi connectivity index (χ4n) is 2.71. The Morgan fingerprint density at radius 2 is 0.947 bits per heavy atom. The maximum absolute atomic E-state index is 13.6. The molecule has 0 saturated heterocycles. The van der Waals surface area contributed by atoms with E-state index in [1.54, 1.807) is 23.3 Å². The van der Waals surface area contributed by atoms with Crippen LogP contribution in [0.3, 0.4) is 0 Å². The molecule has 0 bridgehead atoms. The third kappa shape index (κ3) is 8.23. The van der Waals surface area contributed by atoms with Gasteiger partial charge >= 0.3 is 11.9 Å². The van der Waals surface area contributed by atoms with Crippen molar-refractivity contribution < 1.29 is 63.0 Å². The van der Waals surface area contributed by atoms with E-state index >= 15 is 0 Å². The van der Waals surface area contributed by atoms with Gasteiger partial charge in [0.2, 0.25) is 20.0 Å². The molecule has 0 heterocycles. The van der Waals surface area contributed by atoms with Gasteiger partial charge in [0.25, 0.3) is 0 Å². The summed E-state index contributed by atoms with van der Waals surface area (Å²) in [6, 6.07) is 0.509. The van der Waals surface area contributed by atoms with Crippen LogP contribution in [0.1, 0.15) is 47.4 Å². The van der Waals surface area contributed by atoms with E-state index in [1.165, 1.54) is 0 Å². The number of carboxylic acids is 2. The van der Waals surface area contributed by atoms with Gasteiger partial charge in [0.05, 0.1) is 22.9 Å². The van der Waals surface area contributed by atoms with E-state index in [-0.39, 0.29) is 36.5 Å². The molecule has 0 spiro atoms. The molecule has 18 heteroatoms. The van der Waals surface area contributed by atoms with Crippen molar-refractivity contribution in [3.63, 3.8) is 0 Å². The van der Waals surface area contributed by atoms with E-state index in [9.17, 15) is 52.8 Å². The third-order valence-corrected chi connectivity index (χ3v) is 7.17. The molecule has 0 atom stereocenters. The van der Waals surface area contributed by atoms with Crippen molar-refractivity contribution in [3.05, 3.63) is 58.2 Å². The lowest BCUT2D eigenvalue weighted by Gasteiger charge is -2.10. The van der Waals surface area contributed by atoms with Crippen LogP contribution >= 0.6 is 0 Å². The predicted octanol–water partition coefficient (Wildman–Crippen LogP) is 3.91. The summed E-state index contributed by atoms with van der Waals surface area (Å²) >= 11 is 0. The van der Waals surface area contributed by atoms with Crippen LogP contribution in [-0.4, -0.2) is 50.5 Å². The first-order valence-electron chi connectivity index (χ1n) is 10.2. The van der Waals surface area contributed by atoms with E-state index in [2.05, 4.69) is 0 Å². The topological polar surface area (TPSA) is 167 Å². The van der Waals surface area contributed by atoms with Gasteiger partial charge < -0.3 is 10.2 Å². The molecule has 10 nitrogen and oxygen atoms in total. The van der Waals surface area contributed by atoms with Gasteiger partial charge in [-0.1, -0.05) is 13.8 Å². The monoisotopic (exact) mass is 594 g/mol. The van der Waals surface area contributed by atoms with Crippen LogP contribution in [0.4, 0.5) is 37.7 Å². The summed E-state index contributed by atoms with van der Waals surface area (Å²) in [4.78, 5) is 21.2. The number of carboxylic acid groups (broad SMARTS) is 2. The molecule has 4 N–H and O–H groups in total. The minimum absolute atomic E-state index is 0.215. The van der Waals surface area contributed by atoms with Gasteiger partial charge in [0.1, 0.15) is 11.1 Å². The number of rotatable bonds is 10. The molecular weight excluding hydrogens is 574 g/mol. The zero-order valence-electron chi connectivity index (χ0n) is 19.4. The van der Waals surface area contributed by atoms with Gasteiger partial charge in [-0.25, -0.2) is 52.8 Å². The van der Waals surface area contributed by atoms with Gasteiger partial charge in [-0.05, 0) is 12.8 Å². The number of aromatic carboxylic acids is 2. The first-order valence-corrected chi connectivity index (χ1v) is 13.5. The van der Waals surface area contributed by atoms with Crippen LogP contribution in [0.2, 0.25) is 0 Å². The van der Waals surface area contributed by atoms with Crippen molar-refractivity contribution in [2.24, 2.45) is 0 Å². The maximum Gasteiger partial charge on any atom is 0.341 e. The molecule has 0 amide bonds. The van der Waals surface area contributed by atoms with Crippen LogP contribution in [0.25, 0.3) is 0 Å². The van der Waals surface area contributed by atoms with Crippen molar-refractivity contribution >= 4 is 43.4 Å². The minimum atomic E-state index is -3.95. The highest BCUT2D eigenvalue weighted by Gasteiger charge is 2.27. The van der Waals surface area contributed by atoms with E-state index in [0.717, 1.165) is 0 Å². The molecule has 0 aromatic heterocycles. The van der Waals surface area contributed by atoms with Crippen LogP contribution in [0.5, 0.6) is 0 Å². The minimum Gasteiger partial charge on any atom is -0.477 e. The molecule has 2 aromatic carbocycles. The maximum atomic E-state index is 13.6. The van der Waals surface area contributed by atoms with Crippen molar-refractivity contribution in [2.45, 2.75) is 26.7 Å². The fraction of sp³-hybridized carbons (Fsp3) is 0.300. The largest absolute Gasteiger partial charge is 0.477 e. The zero-order valence-corrected chi connectivity index (χ0v) is 21.0. The standard InChI is InChI=1S/2C10H10F3NO4S/c2*1-2-3-19(17,18)14-6-4-5(11)8(12)7(9(6)13)10(15)16/h2*4,14H,2-3H2,1H3,(H,15,16). The Morgan fingerprint density at radius 1 is 0.658 bits per heavy atom. The molecule has 0 radical (unpaired) electrons.